The number of benzene rings is 1. The molecule has 1 aromatic carbocycles. The molecule has 0 bridgehead atoms. The fraction of sp³-hybridized carbons (Fsp3) is 0.400. The van der Waals surface area contributed by atoms with Crippen LogP contribution < -0.4 is 0 Å². The Morgan fingerprint density at radius 3 is 2.14 bits per heavy atom. The first-order valence-corrected chi connectivity index (χ1v) is 6.80. The second-order valence-corrected chi connectivity index (χ2v) is 5.88. The minimum atomic E-state index is -3.58. The SMILES string of the molecule is CC[C@H](C)c1ccc(S(=O)(=O)Cl)cc1. The van der Waals surface area contributed by atoms with E-state index in [4.69, 9.17) is 10.7 Å². The monoisotopic (exact) mass is 232 g/mol. The van der Waals surface area contributed by atoms with Crippen LogP contribution in [0, 0.1) is 0 Å². The number of rotatable bonds is 3. The lowest BCUT2D eigenvalue weighted by Crippen LogP contribution is -1.94. The quantitative estimate of drug-likeness (QED) is 0.751. The number of hydrogen-bond acceptors (Lipinski definition) is 2. The summed E-state index contributed by atoms with van der Waals surface area (Å²) < 4.78 is 21.9. The number of hydrogen-bond donors (Lipinski definition) is 0. The van der Waals surface area contributed by atoms with Crippen molar-refractivity contribution in [2.24, 2.45) is 0 Å². The van der Waals surface area contributed by atoms with Crippen molar-refractivity contribution in [2.45, 2.75) is 31.1 Å². The second kappa shape index (κ2) is 4.32. The summed E-state index contributed by atoms with van der Waals surface area (Å²) in [7, 11) is 1.62. The van der Waals surface area contributed by atoms with Crippen molar-refractivity contribution in [1.82, 2.24) is 0 Å². The van der Waals surface area contributed by atoms with E-state index in [1.807, 2.05) is 12.1 Å². The lowest BCUT2D eigenvalue weighted by molar-refractivity contribution is 0.609. The zero-order valence-electron chi connectivity index (χ0n) is 8.20. The predicted octanol–water partition coefficient (Wildman–Crippen LogP) is 3.13. The standard InChI is InChI=1S/C10H13ClO2S/c1-3-8(2)9-4-6-10(7-5-9)14(11,12)13/h4-8H,3H2,1-2H3/t8-/m0/s1. The van der Waals surface area contributed by atoms with Crippen LogP contribution >= 0.6 is 10.7 Å². The van der Waals surface area contributed by atoms with Crippen LogP contribution in [-0.4, -0.2) is 8.42 Å². The van der Waals surface area contributed by atoms with Crippen molar-refractivity contribution in [3.8, 4) is 0 Å². The summed E-state index contributed by atoms with van der Waals surface area (Å²) in [4.78, 5) is 0.159. The molecule has 14 heavy (non-hydrogen) atoms. The largest absolute Gasteiger partial charge is 0.261 e. The van der Waals surface area contributed by atoms with Crippen LogP contribution in [0.15, 0.2) is 29.2 Å². The van der Waals surface area contributed by atoms with Gasteiger partial charge in [0.15, 0.2) is 0 Å². The minimum absolute atomic E-state index is 0.159. The van der Waals surface area contributed by atoms with E-state index in [9.17, 15) is 8.42 Å². The summed E-state index contributed by atoms with van der Waals surface area (Å²) in [5, 5.41) is 0. The fourth-order valence-electron chi connectivity index (χ4n) is 1.19. The Morgan fingerprint density at radius 2 is 1.79 bits per heavy atom. The summed E-state index contributed by atoms with van der Waals surface area (Å²) in [5.41, 5.74) is 1.14. The molecule has 4 heteroatoms. The van der Waals surface area contributed by atoms with Gasteiger partial charge >= 0.3 is 0 Å². The Kier molecular flexibility index (Phi) is 3.56. The first-order valence-electron chi connectivity index (χ1n) is 4.49. The average molecular weight is 233 g/mol. The fourth-order valence-corrected chi connectivity index (χ4v) is 1.96. The molecule has 1 rings (SSSR count). The Labute approximate surface area is 89.3 Å². The highest BCUT2D eigenvalue weighted by molar-refractivity contribution is 8.13. The van der Waals surface area contributed by atoms with Gasteiger partial charge < -0.3 is 0 Å². The van der Waals surface area contributed by atoms with Crippen molar-refractivity contribution in [2.75, 3.05) is 0 Å². The molecule has 0 unspecified atom stereocenters. The van der Waals surface area contributed by atoms with Crippen molar-refractivity contribution >= 4 is 19.7 Å². The normalized spacial score (nSPS) is 13.9. The van der Waals surface area contributed by atoms with E-state index in [0.717, 1.165) is 12.0 Å². The molecule has 0 amide bonds. The van der Waals surface area contributed by atoms with Crippen LogP contribution in [0.4, 0.5) is 0 Å². The van der Waals surface area contributed by atoms with E-state index < -0.39 is 9.05 Å². The van der Waals surface area contributed by atoms with E-state index in [1.54, 1.807) is 12.1 Å². The highest BCUT2D eigenvalue weighted by Crippen LogP contribution is 2.21. The van der Waals surface area contributed by atoms with Crippen LogP contribution in [0.1, 0.15) is 31.7 Å². The van der Waals surface area contributed by atoms with Crippen LogP contribution in [0.2, 0.25) is 0 Å². The predicted molar refractivity (Wildman–Crippen MR) is 58.2 cm³/mol. The van der Waals surface area contributed by atoms with Gasteiger partial charge in [0.2, 0.25) is 0 Å². The second-order valence-electron chi connectivity index (χ2n) is 3.32. The molecule has 1 aromatic rings. The molecule has 0 spiro atoms. The molecule has 0 fully saturated rings. The van der Waals surface area contributed by atoms with Crippen LogP contribution in [0.3, 0.4) is 0 Å². The Balaban J connectivity index is 3.01. The van der Waals surface area contributed by atoms with Gasteiger partial charge in [-0.25, -0.2) is 8.42 Å². The molecule has 0 aliphatic carbocycles. The van der Waals surface area contributed by atoms with Gasteiger partial charge in [0.25, 0.3) is 9.05 Å². The van der Waals surface area contributed by atoms with Crippen molar-refractivity contribution in [3.05, 3.63) is 29.8 Å². The Bertz CT molecular complexity index is 395. The summed E-state index contributed by atoms with van der Waals surface area (Å²) in [6, 6.07) is 6.71. The van der Waals surface area contributed by atoms with Crippen LogP contribution in [0.25, 0.3) is 0 Å². The van der Waals surface area contributed by atoms with Gasteiger partial charge in [0, 0.05) is 10.7 Å². The third kappa shape index (κ3) is 2.72. The maximum atomic E-state index is 10.9. The minimum Gasteiger partial charge on any atom is -0.207 e. The molecule has 0 N–H and O–H groups in total. The first-order chi connectivity index (χ1) is 6.45. The van der Waals surface area contributed by atoms with Gasteiger partial charge in [-0.3, -0.25) is 0 Å². The summed E-state index contributed by atoms with van der Waals surface area (Å²) >= 11 is 0. The van der Waals surface area contributed by atoms with Crippen molar-refractivity contribution in [1.29, 1.82) is 0 Å². The van der Waals surface area contributed by atoms with Crippen LogP contribution in [0.5, 0.6) is 0 Å². The molecule has 0 saturated heterocycles. The van der Waals surface area contributed by atoms with Gasteiger partial charge in [0.1, 0.15) is 0 Å². The summed E-state index contributed by atoms with van der Waals surface area (Å²) in [6.45, 7) is 4.20. The lowest BCUT2D eigenvalue weighted by atomic mass is 9.99. The topological polar surface area (TPSA) is 34.1 Å². The average Bonchev–Trinajstić information content (AvgIpc) is 2.15. The Morgan fingerprint density at radius 1 is 1.29 bits per heavy atom. The van der Waals surface area contributed by atoms with Gasteiger partial charge in [-0.05, 0) is 30.0 Å². The molecule has 78 valence electrons. The van der Waals surface area contributed by atoms with Crippen molar-refractivity contribution < 1.29 is 8.42 Å². The third-order valence-corrected chi connectivity index (χ3v) is 3.71. The van der Waals surface area contributed by atoms with E-state index in [1.165, 1.54) is 0 Å². The van der Waals surface area contributed by atoms with E-state index in [2.05, 4.69) is 13.8 Å². The Hall–Kier alpha value is -0.540. The maximum Gasteiger partial charge on any atom is 0.261 e. The van der Waals surface area contributed by atoms with Gasteiger partial charge in [0.05, 0.1) is 4.90 Å². The van der Waals surface area contributed by atoms with Gasteiger partial charge in [-0.15, -0.1) is 0 Å². The molecular weight excluding hydrogens is 220 g/mol. The highest BCUT2D eigenvalue weighted by atomic mass is 35.7. The zero-order chi connectivity index (χ0) is 10.8. The molecule has 0 aromatic heterocycles. The molecule has 0 aliphatic heterocycles. The zero-order valence-corrected chi connectivity index (χ0v) is 9.77. The summed E-state index contributed by atoms with van der Waals surface area (Å²) in [6.07, 6.45) is 1.03. The van der Waals surface area contributed by atoms with E-state index >= 15 is 0 Å². The molecule has 2 nitrogen and oxygen atoms in total. The van der Waals surface area contributed by atoms with Gasteiger partial charge in [-0.1, -0.05) is 26.0 Å². The molecule has 0 saturated carbocycles. The molecule has 1 atom stereocenters. The van der Waals surface area contributed by atoms with Crippen molar-refractivity contribution in [3.63, 3.8) is 0 Å². The van der Waals surface area contributed by atoms with Crippen LogP contribution in [-0.2, 0) is 9.05 Å². The van der Waals surface area contributed by atoms with E-state index in [-0.39, 0.29) is 4.90 Å². The molecule has 0 radical (unpaired) electrons. The third-order valence-electron chi connectivity index (χ3n) is 2.34. The molecular formula is C10H13ClO2S. The first kappa shape index (κ1) is 11.5. The smallest absolute Gasteiger partial charge is 0.207 e. The van der Waals surface area contributed by atoms with E-state index in [0.29, 0.717) is 5.92 Å². The number of halogens is 1. The maximum absolute atomic E-state index is 10.9. The molecule has 0 heterocycles. The lowest BCUT2D eigenvalue weighted by Gasteiger charge is -2.08. The highest BCUT2D eigenvalue weighted by Gasteiger charge is 2.10. The summed E-state index contributed by atoms with van der Waals surface area (Å²) in [5.74, 6) is 0.446. The molecule has 0 aliphatic rings. The van der Waals surface area contributed by atoms with Gasteiger partial charge in [-0.2, -0.15) is 0 Å².